The summed E-state index contributed by atoms with van der Waals surface area (Å²) in [7, 11) is 0. The molecule has 0 aromatic heterocycles. The minimum absolute atomic E-state index is 0.178. The molecule has 1 fully saturated rings. The van der Waals surface area contributed by atoms with Crippen LogP contribution in [0.2, 0.25) is 0 Å². The fraction of sp³-hybridized carbons (Fsp3) is 0.604. The summed E-state index contributed by atoms with van der Waals surface area (Å²) in [6.07, 6.45) is 16.0. The number of ether oxygens (including phenoxy) is 6. The van der Waals surface area contributed by atoms with Crippen LogP contribution in [0.4, 0.5) is 0 Å². The quantitative estimate of drug-likeness (QED) is 0.0244. The molecule has 1 saturated carbocycles. The van der Waals surface area contributed by atoms with E-state index in [0.717, 1.165) is 82.8 Å². The maximum Gasteiger partial charge on any atom is 0.343 e. The standard InChI is InChI=1S/C48H68O11/c1-37(2)47(52)58-36-16-8-11-19-46(51)57-35-15-7-10-18-45(50)56-34-14-6-9-17-44(49)55-33-13-5-4-12-32-54-42-28-24-39(25-29-42)40-26-30-43(31-27-40)59-48(53)41-22-20-38(3)21-23-41/h20-23,26-27,30-31,39,42H,1,4-19,24-25,28-29,32-36H2,2-3H3/t39-,42-. The van der Waals surface area contributed by atoms with Crippen molar-refractivity contribution in [1.29, 1.82) is 0 Å². The number of hydrogen-bond donors (Lipinski definition) is 0. The molecule has 2 aromatic rings. The van der Waals surface area contributed by atoms with Crippen molar-refractivity contribution in [2.45, 2.75) is 154 Å². The maximum absolute atomic E-state index is 12.4. The lowest BCUT2D eigenvalue weighted by molar-refractivity contribution is -0.145. The second kappa shape index (κ2) is 29.7. The minimum Gasteiger partial charge on any atom is -0.466 e. The van der Waals surface area contributed by atoms with Crippen molar-refractivity contribution in [3.63, 3.8) is 0 Å². The van der Waals surface area contributed by atoms with Crippen LogP contribution in [0.1, 0.15) is 163 Å². The van der Waals surface area contributed by atoms with Gasteiger partial charge >= 0.3 is 29.8 Å². The Morgan fingerprint density at radius 1 is 0.542 bits per heavy atom. The number of hydrogen-bond acceptors (Lipinski definition) is 11. The predicted molar refractivity (Wildman–Crippen MR) is 226 cm³/mol. The molecule has 11 nitrogen and oxygen atoms in total. The first kappa shape index (κ1) is 48.9. The summed E-state index contributed by atoms with van der Waals surface area (Å²) in [5, 5.41) is 0. The van der Waals surface area contributed by atoms with Gasteiger partial charge in [0.1, 0.15) is 5.75 Å². The monoisotopic (exact) mass is 820 g/mol. The Labute approximate surface area is 351 Å². The molecule has 3 rings (SSSR count). The van der Waals surface area contributed by atoms with Crippen molar-refractivity contribution in [2.24, 2.45) is 0 Å². The number of carbonyl (C=O) groups excluding carboxylic acids is 5. The highest BCUT2D eigenvalue weighted by atomic mass is 16.5. The molecule has 0 saturated heterocycles. The average molecular weight is 821 g/mol. The van der Waals surface area contributed by atoms with Crippen LogP contribution in [-0.2, 0) is 42.9 Å². The number of rotatable bonds is 30. The third kappa shape index (κ3) is 22.4. The maximum atomic E-state index is 12.4. The molecule has 2 aromatic carbocycles. The van der Waals surface area contributed by atoms with Gasteiger partial charge in [-0.1, -0.05) is 42.8 Å². The van der Waals surface area contributed by atoms with Crippen molar-refractivity contribution in [3.8, 4) is 5.75 Å². The molecule has 11 heteroatoms. The zero-order valence-corrected chi connectivity index (χ0v) is 35.6. The third-order valence-corrected chi connectivity index (χ3v) is 10.4. The van der Waals surface area contributed by atoms with Gasteiger partial charge < -0.3 is 28.4 Å². The summed E-state index contributed by atoms with van der Waals surface area (Å²) in [6, 6.07) is 15.3. The van der Waals surface area contributed by atoms with E-state index in [1.807, 2.05) is 31.2 Å². The first-order valence-corrected chi connectivity index (χ1v) is 21.9. The summed E-state index contributed by atoms with van der Waals surface area (Å²) in [5.41, 5.74) is 3.30. The summed E-state index contributed by atoms with van der Waals surface area (Å²) >= 11 is 0. The summed E-state index contributed by atoms with van der Waals surface area (Å²) in [5.74, 6) is -0.336. The Morgan fingerprint density at radius 2 is 0.983 bits per heavy atom. The number of aryl methyl sites for hydroxylation is 1. The third-order valence-electron chi connectivity index (χ3n) is 10.4. The zero-order chi connectivity index (χ0) is 42.5. The van der Waals surface area contributed by atoms with Crippen LogP contribution in [-0.4, -0.2) is 69.0 Å². The van der Waals surface area contributed by atoms with Gasteiger partial charge in [0.15, 0.2) is 0 Å². The van der Waals surface area contributed by atoms with Crippen molar-refractivity contribution in [1.82, 2.24) is 0 Å². The number of benzene rings is 2. The molecule has 0 radical (unpaired) electrons. The van der Waals surface area contributed by atoms with Crippen molar-refractivity contribution >= 4 is 29.8 Å². The van der Waals surface area contributed by atoms with E-state index in [9.17, 15) is 24.0 Å². The Morgan fingerprint density at radius 3 is 1.46 bits per heavy atom. The molecule has 0 atom stereocenters. The summed E-state index contributed by atoms with van der Waals surface area (Å²) < 4.78 is 32.7. The van der Waals surface area contributed by atoms with Crippen LogP contribution >= 0.6 is 0 Å². The predicted octanol–water partition coefficient (Wildman–Crippen LogP) is 10.2. The number of esters is 5. The largest absolute Gasteiger partial charge is 0.466 e. The molecule has 0 amide bonds. The van der Waals surface area contributed by atoms with E-state index in [0.29, 0.717) is 113 Å². The number of unbranched alkanes of at least 4 members (excludes halogenated alkanes) is 9. The first-order valence-electron chi connectivity index (χ1n) is 21.9. The molecule has 59 heavy (non-hydrogen) atoms. The average Bonchev–Trinajstić information content (AvgIpc) is 3.23. The van der Waals surface area contributed by atoms with Gasteiger partial charge in [0.05, 0.1) is 38.1 Å². The summed E-state index contributed by atoms with van der Waals surface area (Å²) in [4.78, 5) is 59.6. The van der Waals surface area contributed by atoms with Crippen molar-refractivity contribution in [2.75, 3.05) is 33.0 Å². The molecular formula is C48H68O11. The molecule has 1 aliphatic rings. The second-order valence-electron chi connectivity index (χ2n) is 15.6. The Hall–Kier alpha value is -4.51. The second-order valence-corrected chi connectivity index (χ2v) is 15.6. The van der Waals surface area contributed by atoms with E-state index < -0.39 is 5.97 Å². The van der Waals surface area contributed by atoms with Crippen molar-refractivity contribution in [3.05, 3.63) is 77.4 Å². The van der Waals surface area contributed by atoms with E-state index in [4.69, 9.17) is 28.4 Å². The highest BCUT2D eigenvalue weighted by Gasteiger charge is 2.23. The summed E-state index contributed by atoms with van der Waals surface area (Å²) in [6.45, 7) is 9.32. The molecule has 0 unspecified atom stereocenters. The Balaban J connectivity index is 1.04. The van der Waals surface area contributed by atoms with Gasteiger partial charge in [0.2, 0.25) is 0 Å². The lowest BCUT2D eigenvalue weighted by atomic mass is 9.83. The van der Waals surface area contributed by atoms with E-state index >= 15 is 0 Å². The van der Waals surface area contributed by atoms with Gasteiger partial charge in [0.25, 0.3) is 0 Å². The molecule has 0 spiro atoms. The fourth-order valence-corrected chi connectivity index (χ4v) is 6.74. The first-order chi connectivity index (χ1) is 28.6. The molecule has 326 valence electrons. The van der Waals surface area contributed by atoms with E-state index in [1.165, 1.54) is 5.56 Å². The van der Waals surface area contributed by atoms with Gasteiger partial charge in [-0.05, 0) is 152 Å². The van der Waals surface area contributed by atoms with Gasteiger partial charge in [-0.3, -0.25) is 14.4 Å². The fourth-order valence-electron chi connectivity index (χ4n) is 6.74. The van der Waals surface area contributed by atoms with Crippen LogP contribution in [0.15, 0.2) is 60.7 Å². The van der Waals surface area contributed by atoms with Crippen LogP contribution in [0.5, 0.6) is 5.75 Å². The van der Waals surface area contributed by atoms with E-state index in [-0.39, 0.29) is 23.9 Å². The molecule has 0 bridgehead atoms. The lowest BCUT2D eigenvalue weighted by Gasteiger charge is -2.29. The van der Waals surface area contributed by atoms with Crippen LogP contribution in [0.3, 0.4) is 0 Å². The molecule has 1 aliphatic carbocycles. The van der Waals surface area contributed by atoms with Crippen LogP contribution < -0.4 is 4.74 Å². The highest BCUT2D eigenvalue weighted by molar-refractivity contribution is 5.91. The van der Waals surface area contributed by atoms with Gasteiger partial charge in [-0.2, -0.15) is 0 Å². The smallest absolute Gasteiger partial charge is 0.343 e. The van der Waals surface area contributed by atoms with E-state index in [2.05, 4.69) is 18.7 Å². The van der Waals surface area contributed by atoms with E-state index in [1.54, 1.807) is 19.1 Å². The van der Waals surface area contributed by atoms with Crippen LogP contribution in [0.25, 0.3) is 0 Å². The Kier molecular flexibility index (Phi) is 24.6. The normalized spacial score (nSPS) is 14.9. The topological polar surface area (TPSA) is 141 Å². The van der Waals surface area contributed by atoms with Crippen molar-refractivity contribution < 1.29 is 52.4 Å². The minimum atomic E-state index is -0.394. The van der Waals surface area contributed by atoms with Gasteiger partial charge in [-0.15, -0.1) is 0 Å². The Bertz CT molecular complexity index is 1540. The number of carbonyl (C=O) groups is 5. The molecule has 0 heterocycles. The highest BCUT2D eigenvalue weighted by Crippen LogP contribution is 2.35. The zero-order valence-electron chi connectivity index (χ0n) is 35.6. The van der Waals surface area contributed by atoms with Crippen LogP contribution in [0, 0.1) is 6.92 Å². The molecule has 0 aliphatic heterocycles. The van der Waals surface area contributed by atoms with Gasteiger partial charge in [-0.25, -0.2) is 9.59 Å². The SMILES string of the molecule is C=C(C)C(=O)OCCCCCC(=O)OCCCCCC(=O)OCCCCCC(=O)OCCCCCCO[C@H]1CC[C@H](c2ccc(OC(=O)c3ccc(C)cc3)cc2)CC1. The molecular weight excluding hydrogens is 753 g/mol. The van der Waals surface area contributed by atoms with Gasteiger partial charge in [0, 0.05) is 31.4 Å². The molecule has 0 N–H and O–H groups in total. The lowest BCUT2D eigenvalue weighted by Crippen LogP contribution is -2.21.